The van der Waals surface area contributed by atoms with Crippen LogP contribution in [0.5, 0.6) is 17.2 Å². The lowest BCUT2D eigenvalue weighted by Gasteiger charge is -2.13. The molecule has 2 rings (SSSR count). The van der Waals surface area contributed by atoms with Crippen LogP contribution in [0, 0.1) is 0 Å². The van der Waals surface area contributed by atoms with Crippen LogP contribution in [0.4, 0.5) is 0 Å². The van der Waals surface area contributed by atoms with E-state index in [1.165, 1.54) is 12.1 Å². The second-order valence-corrected chi connectivity index (χ2v) is 8.36. The van der Waals surface area contributed by atoms with E-state index in [0.29, 0.717) is 32.0 Å². The van der Waals surface area contributed by atoms with Gasteiger partial charge in [-0.1, -0.05) is 19.1 Å². The van der Waals surface area contributed by atoms with Crippen LogP contribution in [0.3, 0.4) is 0 Å². The van der Waals surface area contributed by atoms with E-state index in [4.69, 9.17) is 14.2 Å². The van der Waals surface area contributed by atoms with Crippen LogP contribution in [0.25, 0.3) is 0 Å². The summed E-state index contributed by atoms with van der Waals surface area (Å²) in [6.07, 6.45) is 6.71. The van der Waals surface area contributed by atoms with E-state index >= 15 is 0 Å². The van der Waals surface area contributed by atoms with E-state index in [9.17, 15) is 14.7 Å². The van der Waals surface area contributed by atoms with Gasteiger partial charge in [-0.2, -0.15) is 0 Å². The van der Waals surface area contributed by atoms with E-state index in [-0.39, 0.29) is 29.5 Å². The molecule has 0 bridgehead atoms. The second-order valence-electron chi connectivity index (χ2n) is 8.36. The number of benzene rings is 2. The summed E-state index contributed by atoms with van der Waals surface area (Å²) in [5.41, 5.74) is 2.06. The zero-order chi connectivity index (χ0) is 25.6. The molecule has 0 radical (unpaired) electrons. The number of aryl methyl sites for hydroxylation is 1. The molecule has 0 spiro atoms. The Morgan fingerprint density at radius 1 is 0.971 bits per heavy atom. The highest BCUT2D eigenvalue weighted by molar-refractivity contribution is 6.06. The predicted octanol–water partition coefficient (Wildman–Crippen LogP) is 4.95. The number of aromatic hydroxyl groups is 1. The highest BCUT2D eigenvalue weighted by Crippen LogP contribution is 2.30. The van der Waals surface area contributed by atoms with Gasteiger partial charge >= 0.3 is 5.97 Å². The minimum absolute atomic E-state index is 0.0766. The van der Waals surface area contributed by atoms with E-state index < -0.39 is 0 Å². The summed E-state index contributed by atoms with van der Waals surface area (Å²) >= 11 is 0. The summed E-state index contributed by atoms with van der Waals surface area (Å²) in [5.74, 6) is 0.828. The molecule has 190 valence electrons. The Morgan fingerprint density at radius 2 is 1.66 bits per heavy atom. The molecule has 0 saturated carbocycles. The summed E-state index contributed by atoms with van der Waals surface area (Å²) in [7, 11) is 3.66. The van der Waals surface area contributed by atoms with Crippen LogP contribution in [0.2, 0.25) is 0 Å². The van der Waals surface area contributed by atoms with Gasteiger partial charge in [-0.15, -0.1) is 0 Å². The standard InChI is InChI=1S/C28H37NO6/c1-5-22-19-24(25(30)14-15-29(3)4)26(31)20-27(22)35-17-9-7-8-16-34-23-12-10-21(11-13-23)18-28(32)33-6-2/h10-15,19-20,31H,5-9,16-18H2,1-4H3/b15-14-. The van der Waals surface area contributed by atoms with Crippen LogP contribution in [0.15, 0.2) is 48.7 Å². The Balaban J connectivity index is 1.73. The summed E-state index contributed by atoms with van der Waals surface area (Å²) in [6, 6.07) is 10.7. The molecule has 7 nitrogen and oxygen atoms in total. The summed E-state index contributed by atoms with van der Waals surface area (Å²) < 4.78 is 16.6. The monoisotopic (exact) mass is 483 g/mol. The molecular formula is C28H37NO6. The van der Waals surface area contributed by atoms with Crippen molar-refractivity contribution in [1.82, 2.24) is 4.90 Å². The lowest BCUT2D eigenvalue weighted by Crippen LogP contribution is -2.07. The Hall–Kier alpha value is -3.48. The topological polar surface area (TPSA) is 85.3 Å². The number of carbonyl (C=O) groups excluding carboxylic acids is 2. The number of rotatable bonds is 15. The summed E-state index contributed by atoms with van der Waals surface area (Å²) in [4.78, 5) is 25.6. The lowest BCUT2D eigenvalue weighted by molar-refractivity contribution is -0.142. The average Bonchev–Trinajstić information content (AvgIpc) is 2.83. The first-order valence-corrected chi connectivity index (χ1v) is 12.1. The molecule has 35 heavy (non-hydrogen) atoms. The van der Waals surface area contributed by atoms with E-state index in [1.54, 1.807) is 24.1 Å². The minimum Gasteiger partial charge on any atom is -0.507 e. The molecule has 0 fully saturated rings. The molecule has 0 aliphatic heterocycles. The van der Waals surface area contributed by atoms with Gasteiger partial charge in [0.25, 0.3) is 0 Å². The number of hydrogen-bond donors (Lipinski definition) is 1. The van der Waals surface area contributed by atoms with Crippen LogP contribution in [-0.4, -0.2) is 55.7 Å². The highest BCUT2D eigenvalue weighted by atomic mass is 16.5. The quantitative estimate of drug-likeness (QED) is 0.166. The van der Waals surface area contributed by atoms with Gasteiger partial charge in [-0.25, -0.2) is 0 Å². The fourth-order valence-electron chi connectivity index (χ4n) is 3.36. The minimum atomic E-state index is -0.244. The molecule has 7 heteroatoms. The highest BCUT2D eigenvalue weighted by Gasteiger charge is 2.14. The largest absolute Gasteiger partial charge is 0.507 e. The first kappa shape index (κ1) is 27.8. The van der Waals surface area contributed by atoms with Gasteiger partial charge in [0.2, 0.25) is 0 Å². The Morgan fingerprint density at radius 3 is 2.29 bits per heavy atom. The van der Waals surface area contributed by atoms with Crippen LogP contribution in [-0.2, 0) is 22.4 Å². The van der Waals surface area contributed by atoms with E-state index in [2.05, 4.69) is 0 Å². The number of carbonyl (C=O) groups is 2. The van der Waals surface area contributed by atoms with Gasteiger partial charge in [0.15, 0.2) is 5.78 Å². The molecule has 0 unspecified atom stereocenters. The summed E-state index contributed by atoms with van der Waals surface area (Å²) in [5, 5.41) is 10.3. The number of phenols is 1. The van der Waals surface area contributed by atoms with E-state index in [0.717, 1.165) is 36.1 Å². The predicted molar refractivity (Wildman–Crippen MR) is 136 cm³/mol. The molecule has 0 saturated heterocycles. The van der Waals surface area contributed by atoms with Crippen molar-refractivity contribution in [1.29, 1.82) is 0 Å². The number of hydrogen-bond acceptors (Lipinski definition) is 7. The van der Waals surface area contributed by atoms with Gasteiger partial charge in [0.1, 0.15) is 17.2 Å². The molecule has 0 aliphatic rings. The van der Waals surface area contributed by atoms with Crippen molar-refractivity contribution in [2.24, 2.45) is 0 Å². The maximum absolute atomic E-state index is 12.4. The molecular weight excluding hydrogens is 446 g/mol. The first-order chi connectivity index (χ1) is 16.8. The van der Waals surface area contributed by atoms with Crippen LogP contribution < -0.4 is 9.47 Å². The normalized spacial score (nSPS) is 10.9. The number of esters is 1. The van der Waals surface area contributed by atoms with Crippen molar-refractivity contribution >= 4 is 11.8 Å². The number of ketones is 1. The lowest BCUT2D eigenvalue weighted by atomic mass is 10.0. The molecule has 0 aromatic heterocycles. The van der Waals surface area contributed by atoms with Crippen LogP contribution in [0.1, 0.15) is 54.6 Å². The van der Waals surface area contributed by atoms with Gasteiger partial charge in [-0.3, -0.25) is 9.59 Å². The maximum Gasteiger partial charge on any atom is 0.310 e. The van der Waals surface area contributed by atoms with Crippen molar-refractivity contribution in [2.75, 3.05) is 33.9 Å². The van der Waals surface area contributed by atoms with Crippen molar-refractivity contribution in [3.8, 4) is 17.2 Å². The number of phenolic OH excluding ortho intramolecular Hbond substituents is 1. The van der Waals surface area contributed by atoms with Gasteiger partial charge in [0, 0.05) is 32.4 Å². The third-order valence-electron chi connectivity index (χ3n) is 5.24. The molecule has 1 N–H and O–H groups in total. The molecule has 2 aromatic rings. The molecule has 2 aromatic carbocycles. The number of unbranched alkanes of at least 4 members (excludes halogenated alkanes) is 2. The number of allylic oxidation sites excluding steroid dienone is 1. The Bertz CT molecular complexity index is 982. The first-order valence-electron chi connectivity index (χ1n) is 12.1. The third-order valence-corrected chi connectivity index (χ3v) is 5.24. The fraction of sp³-hybridized carbons (Fsp3) is 0.429. The smallest absolute Gasteiger partial charge is 0.310 e. The van der Waals surface area contributed by atoms with Gasteiger partial charge < -0.3 is 24.2 Å². The zero-order valence-electron chi connectivity index (χ0n) is 21.2. The SMILES string of the molecule is CCOC(=O)Cc1ccc(OCCCCCOc2cc(O)c(C(=O)/C=C\N(C)C)cc2CC)cc1. The van der Waals surface area contributed by atoms with Gasteiger partial charge in [-0.05, 0) is 61.9 Å². The summed E-state index contributed by atoms with van der Waals surface area (Å²) in [6.45, 7) is 5.28. The molecule has 0 heterocycles. The van der Waals surface area contributed by atoms with Crippen molar-refractivity contribution in [2.45, 2.75) is 46.0 Å². The molecule has 0 amide bonds. The van der Waals surface area contributed by atoms with Gasteiger partial charge in [0.05, 0.1) is 31.8 Å². The number of ether oxygens (including phenoxy) is 3. The van der Waals surface area contributed by atoms with Crippen LogP contribution >= 0.6 is 0 Å². The molecule has 0 atom stereocenters. The van der Waals surface area contributed by atoms with Crippen molar-refractivity contribution < 1.29 is 28.9 Å². The fourth-order valence-corrected chi connectivity index (χ4v) is 3.36. The third kappa shape index (κ3) is 9.73. The average molecular weight is 484 g/mol. The van der Waals surface area contributed by atoms with Crippen molar-refractivity contribution in [3.05, 3.63) is 65.4 Å². The Kier molecular flexibility index (Phi) is 11.7. The number of nitrogens with zero attached hydrogens (tertiary/aromatic N) is 1. The van der Waals surface area contributed by atoms with Crippen molar-refractivity contribution in [3.63, 3.8) is 0 Å². The Labute approximate surface area is 208 Å². The molecule has 0 aliphatic carbocycles. The second kappa shape index (κ2) is 14.7. The zero-order valence-corrected chi connectivity index (χ0v) is 21.2. The van der Waals surface area contributed by atoms with E-state index in [1.807, 2.05) is 45.3 Å². The maximum atomic E-state index is 12.4.